The molecule has 5 nitrogen and oxygen atoms in total. The van der Waals surface area contributed by atoms with Crippen molar-refractivity contribution in [2.45, 2.75) is 20.0 Å². The van der Waals surface area contributed by atoms with Gasteiger partial charge in [-0.2, -0.15) is 0 Å². The van der Waals surface area contributed by atoms with Gasteiger partial charge in [0.05, 0.1) is 12.1 Å². The first kappa shape index (κ1) is 14.1. The van der Waals surface area contributed by atoms with Crippen LogP contribution >= 0.6 is 11.6 Å². The number of hydrogen-bond donors (Lipinski definition) is 1. The number of halogens is 1. The van der Waals surface area contributed by atoms with Crippen molar-refractivity contribution in [2.75, 3.05) is 6.54 Å². The second-order valence-corrected chi connectivity index (χ2v) is 5.54. The van der Waals surface area contributed by atoms with Gasteiger partial charge in [0.15, 0.2) is 0 Å². The van der Waals surface area contributed by atoms with Gasteiger partial charge in [0, 0.05) is 36.4 Å². The van der Waals surface area contributed by atoms with Gasteiger partial charge < -0.3 is 9.88 Å². The number of benzene rings is 1. The molecule has 0 fully saturated rings. The Morgan fingerprint density at radius 3 is 2.86 bits per heavy atom. The van der Waals surface area contributed by atoms with Crippen LogP contribution < -0.4 is 5.32 Å². The lowest BCUT2D eigenvalue weighted by atomic mass is 10.2. The minimum atomic E-state index is 0.691. The molecule has 0 aliphatic carbocycles. The fourth-order valence-electron chi connectivity index (χ4n) is 2.51. The maximum atomic E-state index is 6.15. The van der Waals surface area contributed by atoms with Crippen LogP contribution in [0.25, 0.3) is 10.9 Å². The number of hydrogen-bond acceptors (Lipinski definition) is 3. The Hall–Kier alpha value is -1.85. The van der Waals surface area contributed by atoms with E-state index in [2.05, 4.69) is 39.4 Å². The molecular weight excluding hydrogens is 286 g/mol. The Balaban J connectivity index is 2.01. The quantitative estimate of drug-likeness (QED) is 0.788. The summed E-state index contributed by atoms with van der Waals surface area (Å²) >= 11 is 6.15. The highest BCUT2D eigenvalue weighted by Crippen LogP contribution is 2.25. The average Bonchev–Trinajstić information content (AvgIpc) is 3.01. The van der Waals surface area contributed by atoms with E-state index in [4.69, 9.17) is 11.6 Å². The summed E-state index contributed by atoms with van der Waals surface area (Å²) in [6.07, 6.45) is 4.10. The van der Waals surface area contributed by atoms with E-state index in [1.807, 2.05) is 25.4 Å². The zero-order valence-corrected chi connectivity index (χ0v) is 12.9. The van der Waals surface area contributed by atoms with Crippen molar-refractivity contribution in [3.05, 3.63) is 46.9 Å². The number of fused-ring (bicyclic) bond motifs is 1. The van der Waals surface area contributed by atoms with Crippen LogP contribution in [0.4, 0.5) is 0 Å². The van der Waals surface area contributed by atoms with E-state index in [9.17, 15) is 0 Å². The number of aromatic nitrogens is 4. The minimum absolute atomic E-state index is 0.691. The summed E-state index contributed by atoms with van der Waals surface area (Å²) in [4.78, 5) is 0. The fraction of sp³-hybridized carbons (Fsp3) is 0.333. The molecule has 3 aromatic rings. The third kappa shape index (κ3) is 2.94. The summed E-state index contributed by atoms with van der Waals surface area (Å²) in [6.45, 7) is 4.60. The van der Waals surface area contributed by atoms with Gasteiger partial charge in [-0.3, -0.25) is 4.68 Å². The molecule has 0 aliphatic heterocycles. The zero-order chi connectivity index (χ0) is 14.8. The van der Waals surface area contributed by atoms with E-state index < -0.39 is 0 Å². The molecule has 110 valence electrons. The second-order valence-electron chi connectivity index (χ2n) is 5.11. The molecule has 2 heterocycles. The van der Waals surface area contributed by atoms with E-state index in [1.54, 1.807) is 4.68 Å². The lowest BCUT2D eigenvalue weighted by Crippen LogP contribution is -2.11. The van der Waals surface area contributed by atoms with Crippen molar-refractivity contribution in [1.82, 2.24) is 24.9 Å². The number of nitrogens with one attached hydrogen (secondary N) is 1. The molecule has 0 spiro atoms. The Morgan fingerprint density at radius 1 is 1.29 bits per heavy atom. The van der Waals surface area contributed by atoms with Crippen molar-refractivity contribution >= 4 is 22.5 Å². The van der Waals surface area contributed by atoms with Crippen molar-refractivity contribution in [2.24, 2.45) is 7.05 Å². The van der Waals surface area contributed by atoms with Gasteiger partial charge in [0.2, 0.25) is 0 Å². The Labute approximate surface area is 128 Å². The molecule has 1 N–H and O–H groups in total. The molecule has 0 saturated heterocycles. The summed E-state index contributed by atoms with van der Waals surface area (Å²) in [5.74, 6) is 0. The molecule has 0 radical (unpaired) electrons. The van der Waals surface area contributed by atoms with Crippen LogP contribution in [-0.2, 0) is 20.1 Å². The summed E-state index contributed by atoms with van der Waals surface area (Å²) < 4.78 is 3.89. The van der Waals surface area contributed by atoms with Crippen molar-refractivity contribution in [3.63, 3.8) is 0 Å². The predicted octanol–water partition coefficient (Wildman–Crippen LogP) is 2.58. The van der Waals surface area contributed by atoms with E-state index in [0.717, 1.165) is 29.3 Å². The Bertz CT molecular complexity index is 759. The monoisotopic (exact) mass is 303 g/mol. The summed E-state index contributed by atoms with van der Waals surface area (Å²) in [7, 11) is 1.87. The van der Waals surface area contributed by atoms with Gasteiger partial charge in [-0.1, -0.05) is 29.8 Å². The highest BCUT2D eigenvalue weighted by Gasteiger charge is 2.10. The highest BCUT2D eigenvalue weighted by molar-refractivity contribution is 6.31. The molecular formula is C15H18ClN5. The average molecular weight is 304 g/mol. The predicted molar refractivity (Wildman–Crippen MR) is 84.4 cm³/mol. The first-order chi connectivity index (χ1) is 10.2. The zero-order valence-electron chi connectivity index (χ0n) is 12.2. The molecule has 0 aliphatic rings. The van der Waals surface area contributed by atoms with Gasteiger partial charge in [-0.15, -0.1) is 5.10 Å². The number of aryl methyl sites for hydroxylation is 1. The molecule has 2 aromatic heterocycles. The summed E-state index contributed by atoms with van der Waals surface area (Å²) in [6, 6.07) is 6.02. The third-order valence-corrected chi connectivity index (χ3v) is 3.71. The molecule has 6 heteroatoms. The Kier molecular flexibility index (Phi) is 3.94. The van der Waals surface area contributed by atoms with Gasteiger partial charge in [0.1, 0.15) is 5.69 Å². The normalized spacial score (nSPS) is 11.4. The first-order valence-corrected chi connectivity index (χ1v) is 7.38. The SMILES string of the molecule is CCNCc1cn(Cc2cn(C)nn2)c2cc(Cl)ccc12. The molecule has 0 atom stereocenters. The molecule has 0 bridgehead atoms. The van der Waals surface area contributed by atoms with Gasteiger partial charge >= 0.3 is 0 Å². The van der Waals surface area contributed by atoms with Crippen LogP contribution in [-0.4, -0.2) is 26.1 Å². The van der Waals surface area contributed by atoms with Crippen molar-refractivity contribution in [3.8, 4) is 0 Å². The molecule has 0 amide bonds. The second kappa shape index (κ2) is 5.87. The van der Waals surface area contributed by atoms with Crippen LogP contribution in [0.2, 0.25) is 5.02 Å². The topological polar surface area (TPSA) is 47.7 Å². The first-order valence-electron chi connectivity index (χ1n) is 7.00. The van der Waals surface area contributed by atoms with Gasteiger partial charge in [0.25, 0.3) is 0 Å². The van der Waals surface area contributed by atoms with E-state index >= 15 is 0 Å². The van der Waals surface area contributed by atoms with Crippen LogP contribution in [0.3, 0.4) is 0 Å². The van der Waals surface area contributed by atoms with Gasteiger partial charge in [-0.05, 0) is 24.2 Å². The van der Waals surface area contributed by atoms with Crippen LogP contribution in [0.1, 0.15) is 18.2 Å². The lowest BCUT2D eigenvalue weighted by Gasteiger charge is -2.02. The van der Waals surface area contributed by atoms with Crippen molar-refractivity contribution in [1.29, 1.82) is 0 Å². The standard InChI is InChI=1S/C15H18ClN5/c1-3-17-7-11-8-21(10-13-9-20(2)19-18-13)15-6-12(16)4-5-14(11)15/h4-6,8-9,17H,3,7,10H2,1-2H3. The van der Waals surface area contributed by atoms with Crippen LogP contribution in [0.5, 0.6) is 0 Å². The molecule has 1 aromatic carbocycles. The smallest absolute Gasteiger partial charge is 0.102 e. The van der Waals surface area contributed by atoms with E-state index in [-0.39, 0.29) is 0 Å². The maximum absolute atomic E-state index is 6.15. The number of rotatable bonds is 5. The highest BCUT2D eigenvalue weighted by atomic mass is 35.5. The summed E-state index contributed by atoms with van der Waals surface area (Å²) in [5, 5.41) is 13.5. The molecule has 0 unspecified atom stereocenters. The Morgan fingerprint density at radius 2 is 2.14 bits per heavy atom. The minimum Gasteiger partial charge on any atom is -0.341 e. The van der Waals surface area contributed by atoms with E-state index in [1.165, 1.54) is 10.9 Å². The lowest BCUT2D eigenvalue weighted by molar-refractivity contribution is 0.709. The summed E-state index contributed by atoms with van der Waals surface area (Å²) in [5.41, 5.74) is 3.33. The largest absolute Gasteiger partial charge is 0.341 e. The van der Waals surface area contributed by atoms with E-state index in [0.29, 0.717) is 6.54 Å². The van der Waals surface area contributed by atoms with Crippen LogP contribution in [0.15, 0.2) is 30.6 Å². The van der Waals surface area contributed by atoms with Crippen molar-refractivity contribution < 1.29 is 0 Å². The van der Waals surface area contributed by atoms with Gasteiger partial charge in [-0.25, -0.2) is 0 Å². The molecule has 3 rings (SSSR count). The fourth-order valence-corrected chi connectivity index (χ4v) is 2.68. The number of nitrogens with zero attached hydrogens (tertiary/aromatic N) is 4. The van der Waals surface area contributed by atoms with Crippen LogP contribution in [0, 0.1) is 0 Å². The third-order valence-electron chi connectivity index (χ3n) is 3.47. The molecule has 21 heavy (non-hydrogen) atoms. The maximum Gasteiger partial charge on any atom is 0.102 e. The molecule has 0 saturated carbocycles.